The van der Waals surface area contributed by atoms with Crippen molar-refractivity contribution < 1.29 is 19.3 Å². The molecule has 3 aromatic rings. The van der Waals surface area contributed by atoms with E-state index in [1.807, 2.05) is 55.5 Å². The van der Waals surface area contributed by atoms with Crippen molar-refractivity contribution in [3.05, 3.63) is 64.8 Å². The molecule has 1 unspecified atom stereocenters. The number of hydrogen-bond donors (Lipinski definition) is 1. The van der Waals surface area contributed by atoms with Crippen LogP contribution in [0.3, 0.4) is 0 Å². The van der Waals surface area contributed by atoms with Crippen molar-refractivity contribution in [3.63, 3.8) is 0 Å². The van der Waals surface area contributed by atoms with E-state index in [0.717, 1.165) is 35.7 Å². The highest BCUT2D eigenvalue weighted by molar-refractivity contribution is 6.30. The number of ether oxygens (including phenoxy) is 3. The topological polar surface area (TPSA) is 69.0 Å². The fourth-order valence-electron chi connectivity index (χ4n) is 3.74. The Morgan fingerprint density at radius 2 is 1.94 bits per heavy atom. The number of hydrogen-bond acceptors (Lipinski definition) is 6. The van der Waals surface area contributed by atoms with Gasteiger partial charge in [0.2, 0.25) is 5.88 Å². The molecule has 0 aliphatic rings. The van der Waals surface area contributed by atoms with Crippen LogP contribution in [0.2, 0.25) is 5.02 Å². The molecule has 7 nitrogen and oxygen atoms in total. The van der Waals surface area contributed by atoms with Crippen LogP contribution in [0.25, 0.3) is 5.69 Å². The van der Waals surface area contributed by atoms with Gasteiger partial charge in [0.05, 0.1) is 36.8 Å². The number of aliphatic hydroxyl groups is 1. The van der Waals surface area contributed by atoms with Crippen LogP contribution in [-0.2, 0) is 11.3 Å². The zero-order chi connectivity index (χ0) is 25.2. The molecule has 1 atom stereocenters. The zero-order valence-corrected chi connectivity index (χ0v) is 21.2. The fraction of sp³-hybridized carbons (Fsp3) is 0.370. The van der Waals surface area contributed by atoms with Gasteiger partial charge in [-0.25, -0.2) is 4.68 Å². The summed E-state index contributed by atoms with van der Waals surface area (Å²) in [7, 11) is 1.62. The molecular formula is C27H32ClN3O4. The lowest BCUT2D eigenvalue weighted by atomic mass is 10.2. The van der Waals surface area contributed by atoms with Crippen molar-refractivity contribution in [2.75, 3.05) is 33.4 Å². The summed E-state index contributed by atoms with van der Waals surface area (Å²) in [6.45, 7) is 6.17. The summed E-state index contributed by atoms with van der Waals surface area (Å²) in [4.78, 5) is 2.16. The van der Waals surface area contributed by atoms with Gasteiger partial charge in [-0.05, 0) is 62.4 Å². The first-order valence-electron chi connectivity index (χ1n) is 11.5. The quantitative estimate of drug-likeness (QED) is 0.269. The van der Waals surface area contributed by atoms with Crippen molar-refractivity contribution in [3.8, 4) is 35.4 Å². The first kappa shape index (κ1) is 26.6. The van der Waals surface area contributed by atoms with Gasteiger partial charge in [-0.1, -0.05) is 30.5 Å². The first-order chi connectivity index (χ1) is 16.9. The Hall–Kier alpha value is -3.02. The van der Waals surface area contributed by atoms with Gasteiger partial charge in [-0.2, -0.15) is 5.10 Å². The lowest BCUT2D eigenvalue weighted by molar-refractivity contribution is 0.0259. The van der Waals surface area contributed by atoms with Crippen LogP contribution in [0.4, 0.5) is 0 Å². The molecule has 0 saturated heterocycles. The minimum absolute atomic E-state index is 0.177. The van der Waals surface area contributed by atoms with Gasteiger partial charge in [0.1, 0.15) is 18.1 Å². The van der Waals surface area contributed by atoms with Gasteiger partial charge in [-0.3, -0.25) is 4.90 Å². The van der Waals surface area contributed by atoms with Crippen LogP contribution < -0.4 is 9.47 Å². The predicted molar refractivity (Wildman–Crippen MR) is 138 cm³/mol. The van der Waals surface area contributed by atoms with Gasteiger partial charge in [0.25, 0.3) is 0 Å². The van der Waals surface area contributed by atoms with Crippen molar-refractivity contribution in [1.82, 2.24) is 14.7 Å². The van der Waals surface area contributed by atoms with Gasteiger partial charge in [-0.15, -0.1) is 6.42 Å². The molecule has 0 spiro atoms. The summed E-state index contributed by atoms with van der Waals surface area (Å²) in [6.07, 6.45) is 5.49. The number of aromatic nitrogens is 2. The van der Waals surface area contributed by atoms with E-state index < -0.39 is 6.10 Å². The summed E-state index contributed by atoms with van der Waals surface area (Å²) >= 11 is 6.27. The standard InChI is InChI=1S/C27H32ClN3O4/c1-5-14-30(17-23(32)19-34-15-6-2)18-26-20(3)29-31(22-9-7-8-21(28)16-22)27(26)35-25-12-10-24(33-4)11-13-25/h2,7-13,16,23,32H,5,14-15,17-19H2,1,3-4H3. The summed E-state index contributed by atoms with van der Waals surface area (Å²) in [6, 6.07) is 14.9. The Morgan fingerprint density at radius 1 is 1.20 bits per heavy atom. The first-order valence-corrected chi connectivity index (χ1v) is 11.9. The maximum Gasteiger partial charge on any atom is 0.227 e. The largest absolute Gasteiger partial charge is 0.497 e. The molecule has 8 heteroatoms. The summed E-state index contributed by atoms with van der Waals surface area (Å²) in [5.74, 6) is 4.40. The van der Waals surface area contributed by atoms with Gasteiger partial charge in [0, 0.05) is 18.1 Å². The Balaban J connectivity index is 1.94. The van der Waals surface area contributed by atoms with E-state index in [0.29, 0.717) is 29.7 Å². The lowest BCUT2D eigenvalue weighted by Gasteiger charge is -2.25. The number of nitrogens with zero attached hydrogens (tertiary/aromatic N) is 3. The van der Waals surface area contributed by atoms with E-state index in [1.54, 1.807) is 11.8 Å². The minimum Gasteiger partial charge on any atom is -0.497 e. The van der Waals surface area contributed by atoms with Gasteiger partial charge < -0.3 is 19.3 Å². The second kappa shape index (κ2) is 13.2. The summed E-state index contributed by atoms with van der Waals surface area (Å²) in [5.41, 5.74) is 2.54. The fourth-order valence-corrected chi connectivity index (χ4v) is 3.93. The second-order valence-electron chi connectivity index (χ2n) is 8.15. The van der Waals surface area contributed by atoms with Crippen LogP contribution in [-0.4, -0.2) is 59.3 Å². The van der Waals surface area contributed by atoms with E-state index in [-0.39, 0.29) is 13.2 Å². The van der Waals surface area contributed by atoms with Crippen LogP contribution in [0.1, 0.15) is 24.6 Å². The molecule has 0 saturated carbocycles. The average molecular weight is 498 g/mol. The van der Waals surface area contributed by atoms with Gasteiger partial charge in [0.15, 0.2) is 0 Å². The van der Waals surface area contributed by atoms with E-state index in [2.05, 4.69) is 17.7 Å². The number of aryl methyl sites for hydroxylation is 1. The van der Waals surface area contributed by atoms with Crippen LogP contribution >= 0.6 is 11.6 Å². The molecule has 0 fully saturated rings. The zero-order valence-electron chi connectivity index (χ0n) is 20.4. The second-order valence-corrected chi connectivity index (χ2v) is 8.58. The van der Waals surface area contributed by atoms with Crippen LogP contribution in [0.15, 0.2) is 48.5 Å². The number of aliphatic hydroxyl groups excluding tert-OH is 1. The third kappa shape index (κ3) is 7.48. The molecule has 3 rings (SSSR count). The predicted octanol–water partition coefficient (Wildman–Crippen LogP) is 4.86. The Morgan fingerprint density at radius 3 is 2.60 bits per heavy atom. The Kier molecular flexibility index (Phi) is 10.0. The monoisotopic (exact) mass is 497 g/mol. The maximum absolute atomic E-state index is 10.5. The van der Waals surface area contributed by atoms with E-state index >= 15 is 0 Å². The molecule has 1 heterocycles. The molecule has 0 aliphatic carbocycles. The molecule has 0 bridgehead atoms. The molecular weight excluding hydrogens is 466 g/mol. The van der Waals surface area contributed by atoms with Crippen molar-refractivity contribution in [2.45, 2.75) is 32.9 Å². The third-order valence-electron chi connectivity index (χ3n) is 5.35. The molecule has 0 aliphatic heterocycles. The van der Waals surface area contributed by atoms with Gasteiger partial charge >= 0.3 is 0 Å². The average Bonchev–Trinajstić information content (AvgIpc) is 3.14. The van der Waals surface area contributed by atoms with Crippen LogP contribution in [0.5, 0.6) is 17.4 Å². The minimum atomic E-state index is -0.663. The normalized spacial score (nSPS) is 11.9. The Bertz CT molecular complexity index is 1120. The lowest BCUT2D eigenvalue weighted by Crippen LogP contribution is -2.35. The third-order valence-corrected chi connectivity index (χ3v) is 5.59. The van der Waals surface area contributed by atoms with Crippen molar-refractivity contribution in [2.24, 2.45) is 0 Å². The number of terminal acetylenes is 1. The highest BCUT2D eigenvalue weighted by Crippen LogP contribution is 2.33. The van der Waals surface area contributed by atoms with Crippen molar-refractivity contribution >= 4 is 11.6 Å². The maximum atomic E-state index is 10.5. The summed E-state index contributed by atoms with van der Waals surface area (Å²) in [5, 5.41) is 15.9. The highest BCUT2D eigenvalue weighted by Gasteiger charge is 2.22. The number of rotatable bonds is 13. The number of benzene rings is 2. The molecule has 186 valence electrons. The molecule has 0 radical (unpaired) electrons. The molecule has 1 aromatic heterocycles. The molecule has 35 heavy (non-hydrogen) atoms. The van der Waals surface area contributed by atoms with E-state index in [9.17, 15) is 5.11 Å². The number of methoxy groups -OCH3 is 1. The van der Waals surface area contributed by atoms with E-state index in [4.69, 9.17) is 37.3 Å². The van der Waals surface area contributed by atoms with E-state index in [1.165, 1.54) is 0 Å². The summed E-state index contributed by atoms with van der Waals surface area (Å²) < 4.78 is 18.7. The molecule has 2 aromatic carbocycles. The highest BCUT2D eigenvalue weighted by atomic mass is 35.5. The SMILES string of the molecule is C#CCOCC(O)CN(CCC)Cc1c(C)nn(-c2cccc(Cl)c2)c1Oc1ccc(OC)cc1. The molecule has 0 amide bonds. The van der Waals surface area contributed by atoms with Crippen LogP contribution in [0, 0.1) is 19.3 Å². The molecule has 1 N–H and O–H groups in total. The van der Waals surface area contributed by atoms with Crippen molar-refractivity contribution in [1.29, 1.82) is 0 Å². The smallest absolute Gasteiger partial charge is 0.227 e. The Labute approximate surface area is 212 Å². The number of halogens is 1.